The van der Waals surface area contributed by atoms with Crippen LogP contribution in [-0.2, 0) is 48.6 Å². The monoisotopic (exact) mass is 915 g/mol. The first kappa shape index (κ1) is 52.0. The molecular weight excluding hydrogens is 874 g/mol. The first-order valence-corrected chi connectivity index (χ1v) is 20.9. The van der Waals surface area contributed by atoms with E-state index in [1.165, 1.54) is 0 Å². The number of halogens is 9. The minimum Gasteiger partial charge on any atom is -0.444 e. The van der Waals surface area contributed by atoms with E-state index in [1.54, 1.807) is 20.8 Å². The fourth-order valence-corrected chi connectivity index (χ4v) is 7.71. The molecule has 2 amide bonds. The predicted molar refractivity (Wildman–Crippen MR) is 187 cm³/mol. The van der Waals surface area contributed by atoms with Crippen molar-refractivity contribution in [3.05, 3.63) is 42.2 Å². The third-order valence-electron chi connectivity index (χ3n) is 6.72. The molecule has 1 fully saturated rings. The number of allylic oxidation sites excluding steroid dienone is 1. The van der Waals surface area contributed by atoms with Crippen molar-refractivity contribution in [1.82, 2.24) is 10.6 Å². The first-order valence-electron chi connectivity index (χ1n) is 16.6. The maximum atomic E-state index is 12.4. The van der Waals surface area contributed by atoms with Gasteiger partial charge in [-0.2, -0.15) is 64.8 Å². The summed E-state index contributed by atoms with van der Waals surface area (Å²) in [4.78, 5) is 34.1. The molecule has 0 heterocycles. The van der Waals surface area contributed by atoms with E-state index in [9.17, 15) is 79.2 Å². The molecule has 0 unspecified atom stereocenters. The zero-order valence-corrected chi connectivity index (χ0v) is 34.0. The number of alkyl halides is 9. The Hall–Kier alpha value is -4.01. The first-order chi connectivity index (χ1) is 25.9. The van der Waals surface area contributed by atoms with Gasteiger partial charge in [-0.15, -0.1) is 3.71 Å². The SMILES string of the molecule is CC(C)(C)OC(=O)N[C@@H]1C=C(OS(=O)(=O)C(F)(F)F)CCC1.CC(C)(C)OC(=O)N[C@H]1CCCC(=O)C1.O=S(=O)(N(c1ccccc1)S(=O)(=O)C(F)(F)F)C(F)(F)F. The zero-order chi connectivity index (χ0) is 45.3. The van der Waals surface area contributed by atoms with Crippen molar-refractivity contribution in [1.29, 1.82) is 0 Å². The molecule has 27 heteroatoms. The molecule has 2 atom stereocenters. The third-order valence-corrected chi connectivity index (χ3v) is 11.4. The van der Waals surface area contributed by atoms with Crippen LogP contribution in [0.3, 0.4) is 0 Å². The third kappa shape index (κ3) is 16.7. The summed E-state index contributed by atoms with van der Waals surface area (Å²) < 4.78 is 190. The number of carbonyl (C=O) groups is 3. The van der Waals surface area contributed by atoms with Gasteiger partial charge >= 0.3 is 58.9 Å². The molecule has 3 rings (SSSR count). The highest BCUT2D eigenvalue weighted by Gasteiger charge is 2.61. The summed E-state index contributed by atoms with van der Waals surface area (Å²) in [7, 11) is -19.3. The quantitative estimate of drug-likeness (QED) is 0.161. The number of para-hydroxylation sites is 1. The van der Waals surface area contributed by atoms with Crippen LogP contribution in [0.1, 0.15) is 86.5 Å². The Kier molecular flexibility index (Phi) is 17.4. The summed E-state index contributed by atoms with van der Waals surface area (Å²) in [6.07, 6.45) is 3.66. The number of rotatable bonds is 7. The standard InChI is InChI=1S/C12H18F3NO5S.C11H19NO3.C8H5F6NO4S2/c1-11(2,3)20-10(17)16-8-5-4-6-9(7-8)21-22(18,19)12(13,14)15;1-11(2,3)15-10(14)12-8-5-4-6-9(13)7-8;9-7(10,11)20(16,17)15(6-4-2-1-3-5-6)21(18,19)8(12,13)14/h7-8H,4-6H2,1-3H3,(H,16,17);8H,4-7H2,1-3H3,(H,12,14);1-5H/t2*8-;/m00./s1. The zero-order valence-electron chi connectivity index (χ0n) is 31.5. The Labute approximate surface area is 328 Å². The van der Waals surface area contributed by atoms with Crippen molar-refractivity contribution in [2.45, 2.75) is 126 Å². The molecule has 0 bridgehead atoms. The van der Waals surface area contributed by atoms with E-state index >= 15 is 0 Å². The predicted octanol–water partition coefficient (Wildman–Crippen LogP) is 7.03. The van der Waals surface area contributed by atoms with E-state index in [-0.39, 0.29) is 24.0 Å². The summed E-state index contributed by atoms with van der Waals surface area (Å²) in [5.41, 5.74) is -20.5. The number of benzene rings is 1. The van der Waals surface area contributed by atoms with Gasteiger partial charge in [-0.1, -0.05) is 18.2 Å². The van der Waals surface area contributed by atoms with Gasteiger partial charge in [0.15, 0.2) is 0 Å². The number of nitrogens with one attached hydrogen (secondary N) is 2. The molecule has 0 radical (unpaired) electrons. The van der Waals surface area contributed by atoms with Crippen LogP contribution < -0.4 is 14.3 Å². The number of hydrogen-bond donors (Lipinski definition) is 2. The Morgan fingerprint density at radius 1 is 0.672 bits per heavy atom. The second-order valence-electron chi connectivity index (χ2n) is 14.2. The number of carbonyl (C=O) groups excluding carboxylic acids is 3. The lowest BCUT2D eigenvalue weighted by molar-refractivity contribution is -0.120. The molecule has 0 aliphatic heterocycles. The van der Waals surface area contributed by atoms with E-state index in [0.717, 1.165) is 37.1 Å². The van der Waals surface area contributed by atoms with Crippen LogP contribution in [0.15, 0.2) is 42.2 Å². The van der Waals surface area contributed by atoms with Gasteiger partial charge in [0.1, 0.15) is 22.7 Å². The van der Waals surface area contributed by atoms with Gasteiger partial charge in [0, 0.05) is 25.3 Å². The maximum absolute atomic E-state index is 12.4. The fourth-order valence-electron chi connectivity index (χ4n) is 4.48. The van der Waals surface area contributed by atoms with E-state index in [1.807, 2.05) is 20.8 Å². The molecule has 1 aromatic rings. The van der Waals surface area contributed by atoms with Gasteiger partial charge < -0.3 is 24.3 Å². The van der Waals surface area contributed by atoms with Crippen LogP contribution >= 0.6 is 0 Å². The highest BCUT2D eigenvalue weighted by molar-refractivity contribution is 8.11. The lowest BCUT2D eigenvalue weighted by Crippen LogP contribution is -2.49. The van der Waals surface area contributed by atoms with Gasteiger partial charge in [0.2, 0.25) is 0 Å². The van der Waals surface area contributed by atoms with Gasteiger partial charge in [-0.25, -0.2) is 9.59 Å². The summed E-state index contributed by atoms with van der Waals surface area (Å²) >= 11 is 0. The Balaban J connectivity index is 0.000000443. The second-order valence-corrected chi connectivity index (χ2v) is 19.5. The molecule has 1 aromatic carbocycles. The Morgan fingerprint density at radius 3 is 1.53 bits per heavy atom. The number of amides is 2. The van der Waals surface area contributed by atoms with E-state index in [4.69, 9.17) is 9.47 Å². The van der Waals surface area contributed by atoms with Crippen LogP contribution in [-0.4, -0.2) is 83.0 Å². The second kappa shape index (κ2) is 19.4. The fraction of sp³-hybridized carbons (Fsp3) is 0.645. The van der Waals surface area contributed by atoms with Gasteiger partial charge in [-0.05, 0) is 85.4 Å². The lowest BCUT2D eigenvalue weighted by atomic mass is 9.94. The number of anilines is 1. The minimum absolute atomic E-state index is 0.0406. The van der Waals surface area contributed by atoms with Gasteiger partial charge in [0.05, 0.1) is 11.7 Å². The van der Waals surface area contributed by atoms with Crippen molar-refractivity contribution in [2.24, 2.45) is 0 Å². The lowest BCUT2D eigenvalue weighted by Gasteiger charge is -2.25. The molecule has 1 saturated carbocycles. The van der Waals surface area contributed by atoms with Gasteiger partial charge in [-0.3, -0.25) is 4.79 Å². The molecule has 0 spiro atoms. The van der Waals surface area contributed by atoms with Crippen LogP contribution in [0.2, 0.25) is 0 Å². The number of Topliss-reactive ketones (excluding diaryl/α,β-unsaturated/α-hetero) is 1. The summed E-state index contributed by atoms with van der Waals surface area (Å²) in [6.45, 7) is 10.4. The molecule has 0 aromatic heterocycles. The average molecular weight is 916 g/mol. The molecule has 2 aliphatic rings. The van der Waals surface area contributed by atoms with Crippen LogP contribution in [0, 0.1) is 0 Å². The summed E-state index contributed by atoms with van der Waals surface area (Å²) in [6, 6.07) is 3.16. The summed E-state index contributed by atoms with van der Waals surface area (Å²) in [5, 5.41) is 5.16. The van der Waals surface area contributed by atoms with Crippen molar-refractivity contribution >= 4 is 53.8 Å². The average Bonchev–Trinajstić information content (AvgIpc) is 2.98. The number of ether oxygens (including phenoxy) is 2. The number of sulfonamides is 2. The normalized spacial score (nSPS) is 18.5. The molecule has 15 nitrogen and oxygen atoms in total. The number of ketones is 1. The Morgan fingerprint density at radius 2 is 1.12 bits per heavy atom. The van der Waals surface area contributed by atoms with Crippen molar-refractivity contribution in [3.63, 3.8) is 0 Å². The topological polar surface area (TPSA) is 209 Å². The molecule has 2 aliphatic carbocycles. The van der Waals surface area contributed by atoms with Crippen molar-refractivity contribution in [3.8, 4) is 0 Å². The van der Waals surface area contributed by atoms with E-state index in [2.05, 4.69) is 14.8 Å². The van der Waals surface area contributed by atoms with Crippen molar-refractivity contribution in [2.75, 3.05) is 3.71 Å². The number of hydrogen-bond acceptors (Lipinski definition) is 12. The van der Waals surface area contributed by atoms with E-state index < -0.39 is 85.5 Å². The maximum Gasteiger partial charge on any atom is 0.534 e. The largest absolute Gasteiger partial charge is 0.534 e. The van der Waals surface area contributed by atoms with Crippen LogP contribution in [0.5, 0.6) is 0 Å². The smallest absolute Gasteiger partial charge is 0.444 e. The Bertz CT molecular complexity index is 1900. The molecule has 334 valence electrons. The summed E-state index contributed by atoms with van der Waals surface area (Å²) in [5.74, 6) is -0.119. The highest BCUT2D eigenvalue weighted by atomic mass is 32.3. The molecule has 58 heavy (non-hydrogen) atoms. The molecular formula is C31H42F9N3O12S3. The van der Waals surface area contributed by atoms with E-state index in [0.29, 0.717) is 37.8 Å². The van der Waals surface area contributed by atoms with Crippen LogP contribution in [0.25, 0.3) is 0 Å². The highest BCUT2D eigenvalue weighted by Crippen LogP contribution is 2.38. The van der Waals surface area contributed by atoms with Gasteiger partial charge in [0.25, 0.3) is 0 Å². The molecule has 0 saturated heterocycles. The number of alkyl carbamates (subject to hydrolysis) is 2. The number of nitrogens with zero attached hydrogens (tertiary/aromatic N) is 1. The van der Waals surface area contributed by atoms with Crippen LogP contribution in [0.4, 0.5) is 54.8 Å². The van der Waals surface area contributed by atoms with Crippen molar-refractivity contribution < 1.29 is 92.8 Å². The molecule has 2 N–H and O–H groups in total. The minimum atomic E-state index is -6.81.